The lowest BCUT2D eigenvalue weighted by Gasteiger charge is -2.13. The summed E-state index contributed by atoms with van der Waals surface area (Å²) in [6.07, 6.45) is 4.45. The molecule has 1 aromatic heterocycles. The van der Waals surface area contributed by atoms with Crippen molar-refractivity contribution in [3.05, 3.63) is 51.4 Å². The Labute approximate surface area is 151 Å². The highest BCUT2D eigenvalue weighted by Crippen LogP contribution is 2.21. The first-order chi connectivity index (χ1) is 12.0. The summed E-state index contributed by atoms with van der Waals surface area (Å²) in [6, 6.07) is 7.81. The molecule has 0 radical (unpaired) electrons. The van der Waals surface area contributed by atoms with Crippen molar-refractivity contribution in [1.82, 2.24) is 9.55 Å². The van der Waals surface area contributed by atoms with Gasteiger partial charge in [-0.1, -0.05) is 37.7 Å². The zero-order valence-corrected chi connectivity index (χ0v) is 15.7. The van der Waals surface area contributed by atoms with E-state index in [2.05, 4.69) is 24.1 Å². The van der Waals surface area contributed by atoms with Crippen LogP contribution in [0.4, 0.5) is 5.69 Å². The minimum atomic E-state index is -0.213. The molecule has 1 aromatic carbocycles. The minimum Gasteiger partial charge on any atom is -0.325 e. The molecular formula is C19H23N3O2S. The summed E-state index contributed by atoms with van der Waals surface area (Å²) in [6.45, 7) is 4.25. The van der Waals surface area contributed by atoms with Crippen molar-refractivity contribution >= 4 is 23.4 Å². The number of amides is 1. The van der Waals surface area contributed by atoms with Crippen LogP contribution in [0.25, 0.3) is 0 Å². The van der Waals surface area contributed by atoms with E-state index in [9.17, 15) is 9.59 Å². The van der Waals surface area contributed by atoms with Crippen LogP contribution in [-0.2, 0) is 24.2 Å². The third-order valence-electron chi connectivity index (χ3n) is 4.50. The van der Waals surface area contributed by atoms with Crippen LogP contribution in [0.15, 0.2) is 34.2 Å². The highest BCUT2D eigenvalue weighted by atomic mass is 32.2. The van der Waals surface area contributed by atoms with E-state index in [0.717, 1.165) is 36.2 Å². The second-order valence-corrected chi connectivity index (χ2v) is 7.37. The monoisotopic (exact) mass is 357 g/mol. The van der Waals surface area contributed by atoms with E-state index in [-0.39, 0.29) is 18.0 Å². The van der Waals surface area contributed by atoms with Crippen molar-refractivity contribution in [2.75, 3.05) is 11.6 Å². The summed E-state index contributed by atoms with van der Waals surface area (Å²) in [4.78, 5) is 29.7. The maximum absolute atomic E-state index is 12.7. The molecule has 1 heterocycles. The number of aromatic nitrogens is 2. The fourth-order valence-electron chi connectivity index (χ4n) is 3.10. The van der Waals surface area contributed by atoms with Crippen molar-refractivity contribution in [2.24, 2.45) is 0 Å². The van der Waals surface area contributed by atoms with Crippen molar-refractivity contribution in [2.45, 2.75) is 50.7 Å². The van der Waals surface area contributed by atoms with Crippen LogP contribution in [0.2, 0.25) is 0 Å². The zero-order chi connectivity index (χ0) is 18.0. The Morgan fingerprint density at radius 2 is 2.00 bits per heavy atom. The van der Waals surface area contributed by atoms with Crippen LogP contribution in [0.3, 0.4) is 0 Å². The smallest absolute Gasteiger partial charge is 0.258 e. The quantitative estimate of drug-likeness (QED) is 0.659. The first kappa shape index (κ1) is 17.7. The molecule has 0 aliphatic heterocycles. The number of thioether (sulfide) groups is 1. The summed E-state index contributed by atoms with van der Waals surface area (Å²) in [5.74, 6) is 0.236. The average Bonchev–Trinajstić information content (AvgIpc) is 3.06. The SMILES string of the molecule is CSc1nc2c(c(=O)n1CC(=O)Nc1ccc(C(C)C)cc1)CCC2. The van der Waals surface area contributed by atoms with Crippen molar-refractivity contribution < 1.29 is 4.79 Å². The molecule has 0 spiro atoms. The standard InChI is InChI=1S/C19H23N3O2S/c1-12(2)13-7-9-14(10-8-13)20-17(23)11-22-18(24)15-5-4-6-16(15)21-19(22)25-3/h7-10,12H,4-6,11H2,1-3H3,(H,20,23). The van der Waals surface area contributed by atoms with Gasteiger partial charge in [0.1, 0.15) is 6.54 Å². The Morgan fingerprint density at radius 3 is 2.64 bits per heavy atom. The molecule has 3 rings (SSSR count). The fourth-order valence-corrected chi connectivity index (χ4v) is 3.67. The Bertz CT molecular complexity index is 841. The fraction of sp³-hybridized carbons (Fsp3) is 0.421. The van der Waals surface area contributed by atoms with E-state index < -0.39 is 0 Å². The Balaban J connectivity index is 1.78. The topological polar surface area (TPSA) is 64.0 Å². The van der Waals surface area contributed by atoms with E-state index in [1.165, 1.54) is 21.9 Å². The van der Waals surface area contributed by atoms with Gasteiger partial charge in [0, 0.05) is 11.3 Å². The molecule has 6 heteroatoms. The van der Waals surface area contributed by atoms with Gasteiger partial charge in [0.2, 0.25) is 5.91 Å². The number of benzene rings is 1. The second-order valence-electron chi connectivity index (χ2n) is 6.59. The van der Waals surface area contributed by atoms with Gasteiger partial charge in [-0.2, -0.15) is 0 Å². The van der Waals surface area contributed by atoms with E-state index in [0.29, 0.717) is 11.1 Å². The predicted octanol–water partition coefficient (Wildman–Crippen LogP) is 3.22. The van der Waals surface area contributed by atoms with E-state index >= 15 is 0 Å². The maximum Gasteiger partial charge on any atom is 0.258 e. The lowest BCUT2D eigenvalue weighted by molar-refractivity contribution is -0.116. The highest BCUT2D eigenvalue weighted by Gasteiger charge is 2.21. The molecule has 25 heavy (non-hydrogen) atoms. The molecule has 5 nitrogen and oxygen atoms in total. The van der Waals surface area contributed by atoms with Gasteiger partial charge in [0.05, 0.1) is 5.69 Å². The molecule has 1 N–H and O–H groups in total. The van der Waals surface area contributed by atoms with Crippen LogP contribution >= 0.6 is 11.8 Å². The molecule has 1 aliphatic rings. The average molecular weight is 357 g/mol. The minimum absolute atomic E-state index is 0.0127. The number of nitrogens with zero attached hydrogens (tertiary/aromatic N) is 2. The third kappa shape index (κ3) is 3.79. The number of fused-ring (bicyclic) bond motifs is 1. The lowest BCUT2D eigenvalue weighted by Crippen LogP contribution is -2.31. The Kier molecular flexibility index (Phi) is 5.27. The molecule has 0 saturated carbocycles. The Hall–Kier alpha value is -2.08. The number of rotatable bonds is 5. The zero-order valence-electron chi connectivity index (χ0n) is 14.8. The highest BCUT2D eigenvalue weighted by molar-refractivity contribution is 7.98. The first-order valence-electron chi connectivity index (χ1n) is 8.56. The molecule has 2 aromatic rings. The van der Waals surface area contributed by atoms with Gasteiger partial charge in [0.15, 0.2) is 5.16 Å². The molecule has 0 bridgehead atoms. The van der Waals surface area contributed by atoms with E-state index in [4.69, 9.17) is 0 Å². The van der Waals surface area contributed by atoms with Crippen LogP contribution < -0.4 is 10.9 Å². The summed E-state index contributed by atoms with van der Waals surface area (Å²) in [5.41, 5.74) is 3.56. The summed E-state index contributed by atoms with van der Waals surface area (Å²) in [5, 5.41) is 3.47. The molecule has 0 atom stereocenters. The largest absolute Gasteiger partial charge is 0.325 e. The van der Waals surface area contributed by atoms with Crippen molar-refractivity contribution in [3.63, 3.8) is 0 Å². The number of aryl methyl sites for hydroxylation is 1. The Morgan fingerprint density at radius 1 is 1.28 bits per heavy atom. The van der Waals surface area contributed by atoms with Gasteiger partial charge in [-0.25, -0.2) is 4.98 Å². The van der Waals surface area contributed by atoms with E-state index in [1.54, 1.807) is 0 Å². The summed E-state index contributed by atoms with van der Waals surface area (Å²) >= 11 is 1.40. The number of hydrogen-bond donors (Lipinski definition) is 1. The molecule has 0 fully saturated rings. The van der Waals surface area contributed by atoms with Crippen molar-refractivity contribution in [1.29, 1.82) is 0 Å². The third-order valence-corrected chi connectivity index (χ3v) is 5.18. The predicted molar refractivity (Wildman–Crippen MR) is 101 cm³/mol. The van der Waals surface area contributed by atoms with Crippen LogP contribution in [0.5, 0.6) is 0 Å². The molecule has 0 saturated heterocycles. The van der Waals surface area contributed by atoms with Gasteiger partial charge >= 0.3 is 0 Å². The van der Waals surface area contributed by atoms with E-state index in [1.807, 2.05) is 30.5 Å². The molecule has 132 valence electrons. The number of hydrogen-bond acceptors (Lipinski definition) is 4. The van der Waals surface area contributed by atoms with Crippen molar-refractivity contribution in [3.8, 4) is 0 Å². The number of carbonyl (C=O) groups is 1. The molecule has 1 amide bonds. The molecule has 1 aliphatic carbocycles. The van der Waals surface area contributed by atoms with Crippen LogP contribution in [0.1, 0.15) is 43.0 Å². The maximum atomic E-state index is 12.7. The molecular weight excluding hydrogens is 334 g/mol. The number of anilines is 1. The second kappa shape index (κ2) is 7.44. The normalized spacial score (nSPS) is 13.1. The van der Waals surface area contributed by atoms with Gasteiger partial charge in [-0.3, -0.25) is 14.2 Å². The summed E-state index contributed by atoms with van der Waals surface area (Å²) in [7, 11) is 0. The first-order valence-corrected chi connectivity index (χ1v) is 9.78. The lowest BCUT2D eigenvalue weighted by atomic mass is 10.0. The van der Waals surface area contributed by atoms with Gasteiger partial charge in [0.25, 0.3) is 5.56 Å². The van der Waals surface area contributed by atoms with Crippen LogP contribution in [0, 0.1) is 0 Å². The van der Waals surface area contributed by atoms with Crippen LogP contribution in [-0.4, -0.2) is 21.7 Å². The van der Waals surface area contributed by atoms with Gasteiger partial charge < -0.3 is 5.32 Å². The summed E-state index contributed by atoms with van der Waals surface area (Å²) < 4.78 is 1.49. The molecule has 0 unspecified atom stereocenters. The van der Waals surface area contributed by atoms with Gasteiger partial charge in [-0.05, 0) is 49.1 Å². The van der Waals surface area contributed by atoms with Gasteiger partial charge in [-0.15, -0.1) is 0 Å². The number of carbonyl (C=O) groups excluding carboxylic acids is 1. The number of nitrogens with one attached hydrogen (secondary N) is 1.